The zero-order chi connectivity index (χ0) is 44.5. The number of hydrogen-bond donors (Lipinski definition) is 1. The van der Waals surface area contributed by atoms with E-state index in [-0.39, 0.29) is 68.4 Å². The van der Waals surface area contributed by atoms with E-state index in [1.165, 1.54) is 33.8 Å². The lowest BCUT2D eigenvalue weighted by Crippen LogP contribution is -2.37. The van der Waals surface area contributed by atoms with E-state index in [4.69, 9.17) is 23.7 Å². The molecule has 0 radical (unpaired) electrons. The summed E-state index contributed by atoms with van der Waals surface area (Å²) in [6.45, 7) is 22.7. The zero-order valence-electron chi connectivity index (χ0n) is 34.6. The number of thioether (sulfide) groups is 2. The molecule has 0 aliphatic carbocycles. The minimum atomic E-state index is -0.910. The highest BCUT2D eigenvalue weighted by Gasteiger charge is 2.31. The normalized spacial score (nSPS) is 10.4. The summed E-state index contributed by atoms with van der Waals surface area (Å²) in [6.07, 6.45) is 5.55. The van der Waals surface area contributed by atoms with Crippen LogP contribution in [-0.4, -0.2) is 93.2 Å². The van der Waals surface area contributed by atoms with Crippen LogP contribution in [0.2, 0.25) is 0 Å². The van der Waals surface area contributed by atoms with Gasteiger partial charge in [-0.15, -0.1) is 23.5 Å². The van der Waals surface area contributed by atoms with Crippen LogP contribution in [0.3, 0.4) is 0 Å². The van der Waals surface area contributed by atoms with Gasteiger partial charge >= 0.3 is 29.8 Å². The van der Waals surface area contributed by atoms with Crippen molar-refractivity contribution in [2.24, 2.45) is 15.8 Å². The number of esters is 5. The van der Waals surface area contributed by atoms with Gasteiger partial charge in [0.05, 0.1) is 29.5 Å². The van der Waals surface area contributed by atoms with Crippen molar-refractivity contribution in [2.75, 3.05) is 52.2 Å². The highest BCUT2D eigenvalue weighted by atomic mass is 32.2. The maximum absolute atomic E-state index is 12.3. The van der Waals surface area contributed by atoms with Crippen LogP contribution in [0.25, 0.3) is 0 Å². The number of carbonyl (C=O) groups is 5. The van der Waals surface area contributed by atoms with Crippen molar-refractivity contribution in [3.05, 3.63) is 103 Å². The van der Waals surface area contributed by atoms with Gasteiger partial charge in [-0.05, 0) is 83.0 Å². The van der Waals surface area contributed by atoms with E-state index in [0.29, 0.717) is 5.69 Å². The summed E-state index contributed by atoms with van der Waals surface area (Å²) >= 11 is 3.21. The highest BCUT2D eigenvalue weighted by Crippen LogP contribution is 2.22. The SMILES string of the molecule is C=C(C)C(=O)OCC(C)(CO)COC(=O)C(=C)C.C=C(C)C(=O)OCC(C)(COC(=O)Cc1cccc(SC)c1)COC(=O)C(=C)C.CSc1cccc(N=C=O)c1. The second-order valence-corrected chi connectivity index (χ2v) is 15.6. The Labute approximate surface area is 350 Å². The van der Waals surface area contributed by atoms with Gasteiger partial charge in [0, 0.05) is 32.1 Å². The number of carbonyl (C=O) groups excluding carboxylic acids is 6. The first-order valence-electron chi connectivity index (χ1n) is 17.6. The first kappa shape index (κ1) is 52.8. The van der Waals surface area contributed by atoms with Crippen LogP contribution in [0.5, 0.6) is 0 Å². The van der Waals surface area contributed by atoms with Crippen LogP contribution in [-0.2, 0) is 58.9 Å². The van der Waals surface area contributed by atoms with Crippen molar-refractivity contribution in [1.82, 2.24) is 0 Å². The number of ether oxygens (including phenoxy) is 5. The summed E-state index contributed by atoms with van der Waals surface area (Å²) in [7, 11) is 0. The molecule has 0 heterocycles. The van der Waals surface area contributed by atoms with Gasteiger partial charge in [-0.1, -0.05) is 51.4 Å². The first-order valence-corrected chi connectivity index (χ1v) is 20.0. The number of aliphatic hydroxyl groups excluding tert-OH is 1. The number of benzene rings is 2. The quantitative estimate of drug-likeness (QED) is 0.0349. The van der Waals surface area contributed by atoms with Gasteiger partial charge in [0.2, 0.25) is 6.08 Å². The monoisotopic (exact) mass is 841 g/mol. The lowest BCUT2D eigenvalue weighted by atomic mass is 9.94. The molecule has 58 heavy (non-hydrogen) atoms. The number of nitrogens with zero attached hydrogens (tertiary/aromatic N) is 1. The van der Waals surface area contributed by atoms with Crippen molar-refractivity contribution in [3.63, 3.8) is 0 Å². The van der Waals surface area contributed by atoms with E-state index in [0.717, 1.165) is 15.4 Å². The van der Waals surface area contributed by atoms with E-state index in [1.807, 2.05) is 55.0 Å². The molecule has 0 saturated carbocycles. The average Bonchev–Trinajstić information content (AvgIpc) is 3.20. The van der Waals surface area contributed by atoms with Gasteiger partial charge in [0.25, 0.3) is 0 Å². The fourth-order valence-corrected chi connectivity index (χ4v) is 4.63. The van der Waals surface area contributed by atoms with Crippen LogP contribution in [0.4, 0.5) is 5.69 Å². The Balaban J connectivity index is 0.000000946. The zero-order valence-corrected chi connectivity index (χ0v) is 36.2. The Morgan fingerprint density at radius 2 is 1.02 bits per heavy atom. The molecular formula is C43H55NO12S2. The molecule has 0 aromatic heterocycles. The fourth-order valence-electron chi connectivity index (χ4n) is 3.70. The average molecular weight is 842 g/mol. The third-order valence-corrected chi connectivity index (χ3v) is 8.73. The first-order chi connectivity index (χ1) is 27.1. The molecule has 2 aromatic rings. The number of aliphatic hydroxyl groups is 1. The molecule has 2 aromatic carbocycles. The third kappa shape index (κ3) is 22.5. The molecule has 0 bridgehead atoms. The molecule has 15 heteroatoms. The summed E-state index contributed by atoms with van der Waals surface area (Å²) in [5.74, 6) is -2.64. The van der Waals surface area contributed by atoms with Gasteiger partial charge < -0.3 is 28.8 Å². The van der Waals surface area contributed by atoms with E-state index < -0.39 is 40.7 Å². The molecule has 316 valence electrons. The summed E-state index contributed by atoms with van der Waals surface area (Å²) in [6, 6.07) is 15.1. The Morgan fingerprint density at radius 1 is 0.638 bits per heavy atom. The highest BCUT2D eigenvalue weighted by molar-refractivity contribution is 7.98. The Hall–Kier alpha value is -5.21. The predicted molar refractivity (Wildman–Crippen MR) is 225 cm³/mol. The van der Waals surface area contributed by atoms with Crippen molar-refractivity contribution in [2.45, 2.75) is 57.8 Å². The van der Waals surface area contributed by atoms with Crippen molar-refractivity contribution in [1.29, 1.82) is 0 Å². The summed E-state index contributed by atoms with van der Waals surface area (Å²) in [5, 5.41) is 9.26. The molecule has 0 atom stereocenters. The Kier molecular flexibility index (Phi) is 25.0. The molecule has 0 unspecified atom stereocenters. The van der Waals surface area contributed by atoms with Gasteiger partial charge in [-0.2, -0.15) is 4.99 Å². The number of aliphatic imine (C=N–C) groups is 1. The summed E-state index contributed by atoms with van der Waals surface area (Å²) < 4.78 is 25.7. The smallest absolute Gasteiger partial charge is 0.333 e. The van der Waals surface area contributed by atoms with Crippen LogP contribution in [0.1, 0.15) is 47.1 Å². The molecule has 13 nitrogen and oxygen atoms in total. The number of isocyanates is 1. The van der Waals surface area contributed by atoms with Crippen molar-refractivity contribution >= 4 is 65.1 Å². The van der Waals surface area contributed by atoms with Crippen molar-refractivity contribution < 1.29 is 57.6 Å². The molecule has 0 spiro atoms. The van der Waals surface area contributed by atoms with E-state index in [9.17, 15) is 33.9 Å². The Morgan fingerprint density at radius 3 is 1.40 bits per heavy atom. The van der Waals surface area contributed by atoms with Gasteiger partial charge in [0.1, 0.15) is 33.0 Å². The van der Waals surface area contributed by atoms with E-state index in [1.54, 1.807) is 43.4 Å². The van der Waals surface area contributed by atoms with Crippen LogP contribution < -0.4 is 0 Å². The topological polar surface area (TPSA) is 181 Å². The molecule has 2 rings (SSSR count). The molecule has 0 saturated heterocycles. The van der Waals surface area contributed by atoms with Crippen LogP contribution in [0, 0.1) is 10.8 Å². The van der Waals surface area contributed by atoms with Crippen LogP contribution >= 0.6 is 23.5 Å². The molecule has 1 N–H and O–H groups in total. The minimum absolute atomic E-state index is 0.0569. The lowest BCUT2D eigenvalue weighted by Gasteiger charge is -2.28. The molecule has 0 fully saturated rings. The summed E-state index contributed by atoms with van der Waals surface area (Å²) in [4.78, 5) is 73.7. The summed E-state index contributed by atoms with van der Waals surface area (Å²) in [5.41, 5.74) is 0.790. The second kappa shape index (κ2) is 27.4. The molecule has 0 aliphatic rings. The third-order valence-electron chi connectivity index (χ3n) is 7.27. The van der Waals surface area contributed by atoms with Gasteiger partial charge in [-0.25, -0.2) is 24.0 Å². The van der Waals surface area contributed by atoms with Gasteiger partial charge in [0.15, 0.2) is 0 Å². The maximum atomic E-state index is 12.3. The standard InChI is InChI=1S/C22H28O6S.C13H20O5.C8H7NOS/c1-15(2)20(24)27-13-22(5,14-28-21(25)16(3)4)12-26-19(23)11-17-8-7-9-18(10-17)29-6;1-9(2)11(15)17-7-13(5,6-14)8-18-12(16)10(3)4;1-11-8-4-2-3-7(5-8)9-6-10/h7-10H,1,3,11-14H2,2,4-6H3;14H,1,3,6-8H2,2,4-5H3;2-5H,1H3. The molecular weight excluding hydrogens is 787 g/mol. The number of hydrogen-bond acceptors (Lipinski definition) is 15. The fraction of sp³-hybridized carbons (Fsp3) is 0.395. The number of rotatable bonds is 20. The van der Waals surface area contributed by atoms with Crippen LogP contribution in [0.15, 0.2) is 112 Å². The largest absolute Gasteiger partial charge is 0.465 e. The molecule has 0 aliphatic heterocycles. The van der Waals surface area contributed by atoms with E-state index in [2.05, 4.69) is 31.3 Å². The maximum Gasteiger partial charge on any atom is 0.333 e. The lowest BCUT2D eigenvalue weighted by molar-refractivity contribution is -0.157. The van der Waals surface area contributed by atoms with Gasteiger partial charge in [-0.3, -0.25) is 4.79 Å². The molecule has 0 amide bonds. The predicted octanol–water partition coefficient (Wildman–Crippen LogP) is 7.34. The Bertz CT molecular complexity index is 1770. The minimum Gasteiger partial charge on any atom is -0.465 e. The second-order valence-electron chi connectivity index (χ2n) is 13.8. The van der Waals surface area contributed by atoms with Crippen molar-refractivity contribution in [3.8, 4) is 0 Å². The van der Waals surface area contributed by atoms with E-state index >= 15 is 0 Å².